The highest BCUT2D eigenvalue weighted by Crippen LogP contribution is 2.28. The first-order valence-electron chi connectivity index (χ1n) is 5.53. The van der Waals surface area contributed by atoms with Gasteiger partial charge >= 0.3 is 5.97 Å². The molecule has 8 heteroatoms. The summed E-state index contributed by atoms with van der Waals surface area (Å²) in [5.41, 5.74) is -0.812. The van der Waals surface area contributed by atoms with E-state index in [0.29, 0.717) is 4.90 Å². The van der Waals surface area contributed by atoms with Gasteiger partial charge in [0.05, 0.1) is 11.5 Å². The molecule has 1 fully saturated rings. The van der Waals surface area contributed by atoms with Gasteiger partial charge in [-0.05, 0) is 6.92 Å². The Labute approximate surface area is 107 Å². The standard InChI is InChI=1S/C11H10N2O6/c1-4(11(18)19)7-8(10(17)12-9(7)16)13-5(14)2-3-6(13)15/h4H,2-3H2,1H3,(H,18,19)(H,12,16,17). The van der Waals surface area contributed by atoms with E-state index in [-0.39, 0.29) is 18.4 Å². The quantitative estimate of drug-likeness (QED) is 0.617. The zero-order valence-electron chi connectivity index (χ0n) is 9.93. The number of imide groups is 2. The van der Waals surface area contributed by atoms with E-state index >= 15 is 0 Å². The molecule has 0 aromatic rings. The Morgan fingerprint density at radius 1 is 1.16 bits per heavy atom. The number of nitrogens with zero attached hydrogens (tertiary/aromatic N) is 1. The summed E-state index contributed by atoms with van der Waals surface area (Å²) in [7, 11) is 0. The van der Waals surface area contributed by atoms with Gasteiger partial charge in [-0.15, -0.1) is 0 Å². The third-order valence-corrected chi connectivity index (χ3v) is 3.02. The smallest absolute Gasteiger partial charge is 0.310 e. The maximum absolute atomic E-state index is 11.7. The Hall–Kier alpha value is -2.51. The van der Waals surface area contributed by atoms with Crippen LogP contribution in [0.1, 0.15) is 19.8 Å². The van der Waals surface area contributed by atoms with Gasteiger partial charge in [0.2, 0.25) is 11.8 Å². The van der Waals surface area contributed by atoms with Crippen molar-refractivity contribution in [2.45, 2.75) is 19.8 Å². The van der Waals surface area contributed by atoms with Crippen molar-refractivity contribution in [3.8, 4) is 0 Å². The van der Waals surface area contributed by atoms with Crippen molar-refractivity contribution in [3.05, 3.63) is 11.3 Å². The molecule has 0 bridgehead atoms. The predicted octanol–water partition coefficient (Wildman–Crippen LogP) is -1.23. The molecule has 4 amide bonds. The summed E-state index contributed by atoms with van der Waals surface area (Å²) in [6.45, 7) is 1.21. The van der Waals surface area contributed by atoms with Gasteiger partial charge in [-0.2, -0.15) is 0 Å². The Morgan fingerprint density at radius 3 is 2.16 bits per heavy atom. The minimum absolute atomic E-state index is 0.0570. The molecule has 1 saturated heterocycles. The highest BCUT2D eigenvalue weighted by molar-refractivity contribution is 6.24. The first-order chi connectivity index (χ1) is 8.84. The van der Waals surface area contributed by atoms with Gasteiger partial charge in [0.15, 0.2) is 0 Å². The highest BCUT2D eigenvalue weighted by Gasteiger charge is 2.44. The largest absolute Gasteiger partial charge is 0.481 e. The summed E-state index contributed by atoms with van der Waals surface area (Å²) in [4.78, 5) is 58.0. The van der Waals surface area contributed by atoms with Crippen molar-refractivity contribution < 1.29 is 29.1 Å². The van der Waals surface area contributed by atoms with Crippen LogP contribution in [-0.2, 0) is 24.0 Å². The van der Waals surface area contributed by atoms with E-state index in [2.05, 4.69) is 0 Å². The molecule has 0 radical (unpaired) electrons. The predicted molar refractivity (Wildman–Crippen MR) is 58.1 cm³/mol. The van der Waals surface area contributed by atoms with Crippen LogP contribution < -0.4 is 5.32 Å². The Balaban J connectivity index is 2.56. The first kappa shape index (κ1) is 12.9. The van der Waals surface area contributed by atoms with Gasteiger partial charge in [0, 0.05) is 12.8 Å². The van der Waals surface area contributed by atoms with Gasteiger partial charge in [0.1, 0.15) is 5.70 Å². The maximum atomic E-state index is 11.7. The molecular formula is C11H10N2O6. The van der Waals surface area contributed by atoms with Crippen molar-refractivity contribution in [2.75, 3.05) is 0 Å². The van der Waals surface area contributed by atoms with E-state index < -0.39 is 41.2 Å². The minimum Gasteiger partial charge on any atom is -0.481 e. The molecule has 2 N–H and O–H groups in total. The van der Waals surface area contributed by atoms with Gasteiger partial charge < -0.3 is 5.11 Å². The van der Waals surface area contributed by atoms with Crippen molar-refractivity contribution in [2.24, 2.45) is 5.92 Å². The Kier molecular flexibility index (Phi) is 2.93. The molecule has 0 aromatic heterocycles. The summed E-state index contributed by atoms with van der Waals surface area (Å²) in [5.74, 6) is -5.64. The molecular weight excluding hydrogens is 256 g/mol. The average Bonchev–Trinajstić information content (AvgIpc) is 2.78. The zero-order valence-corrected chi connectivity index (χ0v) is 9.93. The summed E-state index contributed by atoms with van der Waals surface area (Å²) in [6, 6.07) is 0. The lowest BCUT2D eigenvalue weighted by Gasteiger charge is -2.15. The number of carbonyl (C=O) groups is 5. The maximum Gasteiger partial charge on any atom is 0.310 e. The zero-order chi connectivity index (χ0) is 14.3. The van der Waals surface area contributed by atoms with Crippen LogP contribution in [-0.4, -0.2) is 39.6 Å². The number of nitrogens with one attached hydrogen (secondary N) is 1. The monoisotopic (exact) mass is 266 g/mol. The Morgan fingerprint density at radius 2 is 1.68 bits per heavy atom. The van der Waals surface area contributed by atoms with E-state index in [4.69, 9.17) is 5.11 Å². The van der Waals surface area contributed by atoms with E-state index in [9.17, 15) is 24.0 Å². The number of amides is 4. The fourth-order valence-electron chi connectivity index (χ4n) is 2.03. The van der Waals surface area contributed by atoms with Gasteiger partial charge in [-0.1, -0.05) is 0 Å². The lowest BCUT2D eigenvalue weighted by molar-refractivity contribution is -0.141. The normalized spacial score (nSPS) is 21.2. The second-order valence-electron chi connectivity index (χ2n) is 4.23. The van der Waals surface area contributed by atoms with Crippen LogP contribution in [0.15, 0.2) is 11.3 Å². The summed E-state index contributed by atoms with van der Waals surface area (Å²) in [6.07, 6.45) is -0.114. The fourth-order valence-corrected chi connectivity index (χ4v) is 2.03. The molecule has 1 unspecified atom stereocenters. The second kappa shape index (κ2) is 4.30. The van der Waals surface area contributed by atoms with Crippen LogP contribution in [0.25, 0.3) is 0 Å². The van der Waals surface area contributed by atoms with Crippen LogP contribution in [0.2, 0.25) is 0 Å². The van der Waals surface area contributed by atoms with Crippen LogP contribution in [0.4, 0.5) is 0 Å². The molecule has 19 heavy (non-hydrogen) atoms. The van der Waals surface area contributed by atoms with Crippen molar-refractivity contribution in [1.82, 2.24) is 10.2 Å². The topological polar surface area (TPSA) is 121 Å². The molecule has 0 aromatic carbocycles. The highest BCUT2D eigenvalue weighted by atomic mass is 16.4. The molecule has 0 spiro atoms. The number of aliphatic carboxylic acids is 1. The lowest BCUT2D eigenvalue weighted by Crippen LogP contribution is -2.34. The number of carboxylic acid groups (broad SMARTS) is 1. The molecule has 2 aliphatic heterocycles. The molecule has 0 saturated carbocycles. The third-order valence-electron chi connectivity index (χ3n) is 3.02. The first-order valence-corrected chi connectivity index (χ1v) is 5.53. The number of hydrogen-bond donors (Lipinski definition) is 2. The number of rotatable bonds is 3. The molecule has 2 rings (SSSR count). The van der Waals surface area contributed by atoms with E-state index in [0.717, 1.165) is 0 Å². The average molecular weight is 266 g/mol. The molecule has 0 aliphatic carbocycles. The fraction of sp³-hybridized carbons (Fsp3) is 0.364. The molecule has 1 atom stereocenters. The van der Waals surface area contributed by atoms with Crippen LogP contribution in [0, 0.1) is 5.92 Å². The summed E-state index contributed by atoms with van der Waals surface area (Å²) in [5, 5.41) is 10.8. The van der Waals surface area contributed by atoms with Crippen LogP contribution in [0.3, 0.4) is 0 Å². The minimum atomic E-state index is -1.32. The van der Waals surface area contributed by atoms with Crippen LogP contribution in [0.5, 0.6) is 0 Å². The number of hydrogen-bond acceptors (Lipinski definition) is 5. The van der Waals surface area contributed by atoms with E-state index in [1.807, 2.05) is 5.32 Å². The summed E-state index contributed by atoms with van der Waals surface area (Å²) >= 11 is 0. The van der Waals surface area contributed by atoms with Gasteiger partial charge in [-0.3, -0.25) is 29.3 Å². The van der Waals surface area contributed by atoms with E-state index in [1.54, 1.807) is 0 Å². The molecule has 100 valence electrons. The Bertz CT molecular complexity index is 546. The lowest BCUT2D eigenvalue weighted by atomic mass is 10.00. The van der Waals surface area contributed by atoms with Crippen LogP contribution >= 0.6 is 0 Å². The van der Waals surface area contributed by atoms with Crippen molar-refractivity contribution >= 4 is 29.6 Å². The molecule has 2 heterocycles. The van der Waals surface area contributed by atoms with Gasteiger partial charge in [0.25, 0.3) is 11.8 Å². The second-order valence-corrected chi connectivity index (χ2v) is 4.23. The van der Waals surface area contributed by atoms with Crippen molar-refractivity contribution in [1.29, 1.82) is 0 Å². The van der Waals surface area contributed by atoms with Crippen molar-refractivity contribution in [3.63, 3.8) is 0 Å². The van der Waals surface area contributed by atoms with Gasteiger partial charge in [-0.25, -0.2) is 4.90 Å². The number of likely N-dealkylation sites (tertiary alicyclic amines) is 1. The molecule has 2 aliphatic rings. The van der Waals surface area contributed by atoms with E-state index in [1.165, 1.54) is 6.92 Å². The number of carbonyl (C=O) groups excluding carboxylic acids is 4. The summed E-state index contributed by atoms with van der Waals surface area (Å²) < 4.78 is 0. The SMILES string of the molecule is CC(C(=O)O)C1=C(N2C(=O)CCC2=O)C(=O)NC1=O. The molecule has 8 nitrogen and oxygen atoms in total. The third kappa shape index (κ3) is 1.90. The number of carboxylic acids is 1.